The Morgan fingerprint density at radius 1 is 1.62 bits per heavy atom. The van der Waals surface area contributed by atoms with Gasteiger partial charge >= 0.3 is 5.97 Å². The highest BCUT2D eigenvalue weighted by Gasteiger charge is 2.10. The predicted octanol–water partition coefficient (Wildman–Crippen LogP) is 2.04. The molecule has 13 heavy (non-hydrogen) atoms. The molecular formula is C10H13NO2. The first kappa shape index (κ1) is 9.71. The topological polar surface area (TPSA) is 39.2 Å². The zero-order chi connectivity index (χ0) is 9.68. The van der Waals surface area contributed by atoms with Crippen molar-refractivity contribution in [2.75, 3.05) is 0 Å². The quantitative estimate of drug-likeness (QED) is 0.666. The molecule has 0 aliphatic heterocycles. The van der Waals surface area contributed by atoms with Gasteiger partial charge < -0.3 is 4.74 Å². The number of hydrogen-bond acceptors (Lipinski definition) is 3. The van der Waals surface area contributed by atoms with Crippen molar-refractivity contribution in [2.24, 2.45) is 0 Å². The monoisotopic (exact) mass is 179 g/mol. The molecule has 0 aromatic carbocycles. The number of rotatable bonds is 3. The molecule has 1 aromatic heterocycles. The lowest BCUT2D eigenvalue weighted by molar-refractivity contribution is 0.0327. The highest BCUT2D eigenvalue weighted by molar-refractivity contribution is 5.87. The van der Waals surface area contributed by atoms with Gasteiger partial charge in [0.2, 0.25) is 0 Å². The molecule has 0 aliphatic carbocycles. The summed E-state index contributed by atoms with van der Waals surface area (Å²) in [5.74, 6) is -0.352. The molecule has 0 amide bonds. The number of nitrogens with zero attached hydrogens (tertiary/aromatic N) is 1. The van der Waals surface area contributed by atoms with Crippen LogP contribution >= 0.6 is 0 Å². The standard InChI is InChI=1S/C10H13NO2/c1-3-8(2)13-10(12)9-6-4-5-7-11-9/h4-8H,3H2,1-2H3/t8-/m1/s1. The summed E-state index contributed by atoms with van der Waals surface area (Å²) in [5, 5.41) is 0. The maximum Gasteiger partial charge on any atom is 0.357 e. The number of pyridine rings is 1. The van der Waals surface area contributed by atoms with Gasteiger partial charge in [-0.3, -0.25) is 0 Å². The SMILES string of the molecule is CC[C@@H](C)OC(=O)c1ccccn1. The Morgan fingerprint density at radius 2 is 2.38 bits per heavy atom. The highest BCUT2D eigenvalue weighted by atomic mass is 16.5. The summed E-state index contributed by atoms with van der Waals surface area (Å²) in [5.41, 5.74) is 0.364. The Balaban J connectivity index is 2.59. The molecule has 1 heterocycles. The van der Waals surface area contributed by atoms with Crippen molar-refractivity contribution in [1.82, 2.24) is 4.98 Å². The van der Waals surface area contributed by atoms with E-state index in [9.17, 15) is 4.79 Å². The van der Waals surface area contributed by atoms with Gasteiger partial charge in [-0.25, -0.2) is 9.78 Å². The molecule has 0 spiro atoms. The summed E-state index contributed by atoms with van der Waals surface area (Å²) < 4.78 is 5.08. The summed E-state index contributed by atoms with van der Waals surface area (Å²) in [4.78, 5) is 15.2. The van der Waals surface area contributed by atoms with E-state index in [-0.39, 0.29) is 12.1 Å². The van der Waals surface area contributed by atoms with E-state index in [1.165, 1.54) is 0 Å². The Kier molecular flexibility index (Phi) is 3.43. The van der Waals surface area contributed by atoms with Crippen LogP contribution < -0.4 is 0 Å². The van der Waals surface area contributed by atoms with Crippen molar-refractivity contribution in [3.63, 3.8) is 0 Å². The van der Waals surface area contributed by atoms with Crippen LogP contribution in [0.5, 0.6) is 0 Å². The number of hydrogen-bond donors (Lipinski definition) is 0. The lowest BCUT2D eigenvalue weighted by atomic mass is 10.3. The average molecular weight is 179 g/mol. The summed E-state index contributed by atoms with van der Waals surface area (Å²) in [6.45, 7) is 3.83. The van der Waals surface area contributed by atoms with E-state index in [4.69, 9.17) is 4.74 Å². The van der Waals surface area contributed by atoms with Gasteiger partial charge in [-0.05, 0) is 25.5 Å². The van der Waals surface area contributed by atoms with Crippen LogP contribution in [-0.2, 0) is 4.74 Å². The number of aromatic nitrogens is 1. The maximum atomic E-state index is 11.3. The van der Waals surface area contributed by atoms with Gasteiger partial charge in [0.05, 0.1) is 6.10 Å². The van der Waals surface area contributed by atoms with Crippen molar-refractivity contribution >= 4 is 5.97 Å². The van der Waals surface area contributed by atoms with Gasteiger partial charge in [0, 0.05) is 6.20 Å². The Morgan fingerprint density at radius 3 is 2.92 bits per heavy atom. The number of ether oxygens (including phenoxy) is 1. The fraction of sp³-hybridized carbons (Fsp3) is 0.400. The summed E-state index contributed by atoms with van der Waals surface area (Å²) in [6.07, 6.45) is 2.35. The summed E-state index contributed by atoms with van der Waals surface area (Å²) >= 11 is 0. The normalized spacial score (nSPS) is 12.2. The largest absolute Gasteiger partial charge is 0.458 e. The fourth-order valence-corrected chi connectivity index (χ4v) is 0.810. The molecule has 0 fully saturated rings. The predicted molar refractivity (Wildman–Crippen MR) is 49.4 cm³/mol. The smallest absolute Gasteiger partial charge is 0.357 e. The van der Waals surface area contributed by atoms with Crippen LogP contribution in [0.1, 0.15) is 30.8 Å². The molecule has 3 nitrogen and oxygen atoms in total. The van der Waals surface area contributed by atoms with Gasteiger partial charge in [-0.1, -0.05) is 13.0 Å². The number of esters is 1. The molecule has 1 rings (SSSR count). The Bertz CT molecular complexity index is 272. The van der Waals surface area contributed by atoms with Crippen LogP contribution in [0.2, 0.25) is 0 Å². The average Bonchev–Trinajstić information content (AvgIpc) is 2.19. The zero-order valence-electron chi connectivity index (χ0n) is 7.86. The van der Waals surface area contributed by atoms with Gasteiger partial charge in [0.25, 0.3) is 0 Å². The van der Waals surface area contributed by atoms with Crippen LogP contribution in [0.4, 0.5) is 0 Å². The van der Waals surface area contributed by atoms with E-state index in [1.807, 2.05) is 13.8 Å². The molecule has 0 bridgehead atoms. The molecular weight excluding hydrogens is 166 g/mol. The zero-order valence-corrected chi connectivity index (χ0v) is 7.86. The first-order valence-electron chi connectivity index (χ1n) is 4.36. The van der Waals surface area contributed by atoms with E-state index in [1.54, 1.807) is 24.4 Å². The van der Waals surface area contributed by atoms with E-state index in [0.717, 1.165) is 6.42 Å². The minimum atomic E-state index is -0.352. The lowest BCUT2D eigenvalue weighted by Crippen LogP contribution is -2.14. The molecule has 0 saturated carbocycles. The van der Waals surface area contributed by atoms with E-state index >= 15 is 0 Å². The van der Waals surface area contributed by atoms with Gasteiger partial charge in [0.15, 0.2) is 0 Å². The van der Waals surface area contributed by atoms with Crippen molar-refractivity contribution in [3.05, 3.63) is 30.1 Å². The van der Waals surface area contributed by atoms with Crippen LogP contribution in [-0.4, -0.2) is 17.1 Å². The minimum Gasteiger partial charge on any atom is -0.458 e. The number of carbonyl (C=O) groups is 1. The summed E-state index contributed by atoms with van der Waals surface area (Å²) in [6, 6.07) is 5.17. The van der Waals surface area contributed by atoms with Crippen LogP contribution in [0.25, 0.3) is 0 Å². The second-order valence-corrected chi connectivity index (χ2v) is 2.84. The van der Waals surface area contributed by atoms with Crippen molar-refractivity contribution in [1.29, 1.82) is 0 Å². The highest BCUT2D eigenvalue weighted by Crippen LogP contribution is 2.02. The molecule has 0 saturated heterocycles. The third kappa shape index (κ3) is 2.86. The maximum absolute atomic E-state index is 11.3. The first-order valence-corrected chi connectivity index (χ1v) is 4.36. The fourth-order valence-electron chi connectivity index (χ4n) is 0.810. The molecule has 1 atom stereocenters. The van der Waals surface area contributed by atoms with Gasteiger partial charge in [-0.15, -0.1) is 0 Å². The Hall–Kier alpha value is -1.38. The van der Waals surface area contributed by atoms with E-state index in [0.29, 0.717) is 5.69 Å². The molecule has 0 N–H and O–H groups in total. The second-order valence-electron chi connectivity index (χ2n) is 2.84. The van der Waals surface area contributed by atoms with Crippen molar-refractivity contribution < 1.29 is 9.53 Å². The lowest BCUT2D eigenvalue weighted by Gasteiger charge is -2.09. The van der Waals surface area contributed by atoms with Gasteiger partial charge in [0.1, 0.15) is 5.69 Å². The number of carbonyl (C=O) groups excluding carboxylic acids is 1. The first-order chi connectivity index (χ1) is 6.24. The third-order valence-corrected chi connectivity index (χ3v) is 1.76. The van der Waals surface area contributed by atoms with E-state index < -0.39 is 0 Å². The van der Waals surface area contributed by atoms with Crippen molar-refractivity contribution in [3.8, 4) is 0 Å². The van der Waals surface area contributed by atoms with Crippen LogP contribution in [0.15, 0.2) is 24.4 Å². The molecule has 0 radical (unpaired) electrons. The molecule has 0 aliphatic rings. The van der Waals surface area contributed by atoms with Crippen molar-refractivity contribution in [2.45, 2.75) is 26.4 Å². The molecule has 70 valence electrons. The third-order valence-electron chi connectivity index (χ3n) is 1.76. The molecule has 3 heteroatoms. The van der Waals surface area contributed by atoms with E-state index in [2.05, 4.69) is 4.98 Å². The van der Waals surface area contributed by atoms with Crippen LogP contribution in [0.3, 0.4) is 0 Å². The second kappa shape index (κ2) is 4.60. The van der Waals surface area contributed by atoms with Crippen LogP contribution in [0, 0.1) is 0 Å². The Labute approximate surface area is 77.8 Å². The van der Waals surface area contributed by atoms with Gasteiger partial charge in [-0.2, -0.15) is 0 Å². The molecule has 0 unspecified atom stereocenters. The minimum absolute atomic E-state index is 0.0468. The molecule has 1 aromatic rings. The summed E-state index contributed by atoms with van der Waals surface area (Å²) in [7, 11) is 0.